The molecule has 2 bridgehead atoms. The summed E-state index contributed by atoms with van der Waals surface area (Å²) >= 11 is 5.67. The van der Waals surface area contributed by atoms with Crippen LogP contribution in [0.2, 0.25) is 0 Å². The average Bonchev–Trinajstić information content (AvgIpc) is 2.24. The Bertz CT molecular complexity index is 310. The van der Waals surface area contributed by atoms with Gasteiger partial charge in [0, 0.05) is 11.8 Å². The van der Waals surface area contributed by atoms with Crippen LogP contribution in [0.4, 0.5) is 0 Å². The van der Waals surface area contributed by atoms with E-state index in [1.807, 2.05) is 12.2 Å². The zero-order chi connectivity index (χ0) is 10.3. The van der Waals surface area contributed by atoms with E-state index < -0.39 is 5.60 Å². The number of alkyl halides is 1. The molecule has 4 atom stereocenters. The number of carbonyl (C=O) groups is 1. The van der Waals surface area contributed by atoms with Crippen LogP contribution in [0.1, 0.15) is 6.42 Å². The van der Waals surface area contributed by atoms with E-state index in [0.717, 1.165) is 6.42 Å². The summed E-state index contributed by atoms with van der Waals surface area (Å²) in [5.41, 5.74) is -1.33. The van der Waals surface area contributed by atoms with Crippen LogP contribution >= 0.6 is 11.6 Å². The highest BCUT2D eigenvalue weighted by molar-refractivity contribution is 6.21. The van der Waals surface area contributed by atoms with Crippen molar-refractivity contribution in [3.05, 3.63) is 24.8 Å². The number of rotatable bonds is 2. The second kappa shape index (κ2) is 3.21. The average molecular weight is 213 g/mol. The van der Waals surface area contributed by atoms with Gasteiger partial charge in [0.25, 0.3) is 0 Å². The maximum absolute atomic E-state index is 11.9. The van der Waals surface area contributed by atoms with Gasteiger partial charge >= 0.3 is 0 Å². The van der Waals surface area contributed by atoms with Gasteiger partial charge in [-0.3, -0.25) is 4.79 Å². The Kier molecular flexibility index (Phi) is 2.28. The molecule has 0 amide bonds. The molecule has 0 aromatic heterocycles. The van der Waals surface area contributed by atoms with E-state index in [1.165, 1.54) is 0 Å². The van der Waals surface area contributed by atoms with Crippen LogP contribution in [0, 0.1) is 17.8 Å². The minimum absolute atomic E-state index is 0.0127. The Hall–Kier alpha value is -0.600. The van der Waals surface area contributed by atoms with E-state index in [1.54, 1.807) is 6.08 Å². The molecule has 3 heteroatoms. The standard InChI is InChI=1S/C11H13ClO2/c1-2-7-5-8-3-4-9(7)10(13)11(8,14)6-12/h2-4,7-9,14H,1,5-6H2/t7-,8+,9-,11-/m0/s1. The molecule has 0 saturated heterocycles. The van der Waals surface area contributed by atoms with Crippen molar-refractivity contribution in [1.29, 1.82) is 0 Å². The van der Waals surface area contributed by atoms with Gasteiger partial charge in [-0.25, -0.2) is 0 Å². The lowest BCUT2D eigenvalue weighted by atomic mass is 9.61. The third-order valence-corrected chi connectivity index (χ3v) is 3.79. The van der Waals surface area contributed by atoms with Crippen molar-refractivity contribution in [1.82, 2.24) is 0 Å². The van der Waals surface area contributed by atoms with Gasteiger partial charge in [-0.1, -0.05) is 18.2 Å². The molecule has 0 aromatic carbocycles. The van der Waals surface area contributed by atoms with Crippen molar-refractivity contribution in [2.24, 2.45) is 17.8 Å². The van der Waals surface area contributed by atoms with Gasteiger partial charge in [0.05, 0.1) is 5.88 Å². The predicted octanol–water partition coefficient (Wildman–Crippen LogP) is 1.53. The second-order valence-electron chi connectivity index (χ2n) is 4.07. The van der Waals surface area contributed by atoms with Crippen LogP contribution < -0.4 is 0 Å². The van der Waals surface area contributed by atoms with Crippen LogP contribution in [0.3, 0.4) is 0 Å². The molecular formula is C11H13ClO2. The molecule has 1 N–H and O–H groups in total. The summed E-state index contributed by atoms with van der Waals surface area (Å²) in [5, 5.41) is 10.1. The fourth-order valence-corrected chi connectivity index (χ4v) is 2.76. The number of allylic oxidation sites excluding steroid dienone is 2. The van der Waals surface area contributed by atoms with E-state index in [-0.39, 0.29) is 29.4 Å². The van der Waals surface area contributed by atoms with Crippen molar-refractivity contribution >= 4 is 17.4 Å². The molecular weight excluding hydrogens is 200 g/mol. The van der Waals surface area contributed by atoms with Crippen LogP contribution in [0.5, 0.6) is 0 Å². The zero-order valence-corrected chi connectivity index (χ0v) is 8.57. The minimum Gasteiger partial charge on any atom is -0.380 e. The van der Waals surface area contributed by atoms with Crippen LogP contribution in [-0.2, 0) is 4.79 Å². The Morgan fingerprint density at radius 3 is 2.93 bits per heavy atom. The lowest BCUT2D eigenvalue weighted by Crippen LogP contribution is -2.57. The summed E-state index contributed by atoms with van der Waals surface area (Å²) in [6.07, 6.45) is 6.37. The molecule has 0 heterocycles. The monoisotopic (exact) mass is 212 g/mol. The molecule has 1 fully saturated rings. The van der Waals surface area contributed by atoms with Crippen molar-refractivity contribution in [3.63, 3.8) is 0 Å². The van der Waals surface area contributed by atoms with Crippen LogP contribution in [0.15, 0.2) is 24.8 Å². The number of hydrogen-bond acceptors (Lipinski definition) is 2. The molecule has 76 valence electrons. The number of aliphatic hydroxyl groups is 1. The highest BCUT2D eigenvalue weighted by Crippen LogP contribution is 2.44. The van der Waals surface area contributed by atoms with E-state index in [4.69, 9.17) is 11.6 Å². The number of carbonyl (C=O) groups excluding carboxylic acids is 1. The molecule has 0 aliphatic heterocycles. The molecule has 0 aromatic rings. The molecule has 14 heavy (non-hydrogen) atoms. The van der Waals surface area contributed by atoms with Gasteiger partial charge in [-0.15, -0.1) is 18.2 Å². The zero-order valence-electron chi connectivity index (χ0n) is 7.82. The lowest BCUT2D eigenvalue weighted by Gasteiger charge is -2.45. The summed E-state index contributed by atoms with van der Waals surface area (Å²) in [5.74, 6) is -0.347. The highest BCUT2D eigenvalue weighted by atomic mass is 35.5. The molecule has 3 rings (SSSR count). The number of halogens is 1. The van der Waals surface area contributed by atoms with E-state index >= 15 is 0 Å². The quantitative estimate of drug-likeness (QED) is 0.557. The van der Waals surface area contributed by atoms with Gasteiger partial charge in [0.2, 0.25) is 0 Å². The fourth-order valence-electron chi connectivity index (χ4n) is 2.43. The normalized spacial score (nSPS) is 45.6. The molecule has 0 radical (unpaired) electrons. The summed E-state index contributed by atoms with van der Waals surface area (Å²) < 4.78 is 0. The molecule has 2 nitrogen and oxygen atoms in total. The Labute approximate surface area is 88.3 Å². The van der Waals surface area contributed by atoms with Crippen molar-refractivity contribution in [3.8, 4) is 0 Å². The second-order valence-corrected chi connectivity index (χ2v) is 4.34. The third-order valence-electron chi connectivity index (χ3n) is 3.39. The first-order valence-corrected chi connectivity index (χ1v) is 5.30. The minimum atomic E-state index is -1.33. The van der Waals surface area contributed by atoms with Gasteiger partial charge in [0.1, 0.15) is 5.60 Å². The Morgan fingerprint density at radius 2 is 2.43 bits per heavy atom. The predicted molar refractivity (Wildman–Crippen MR) is 55.1 cm³/mol. The molecule has 3 aliphatic rings. The van der Waals surface area contributed by atoms with Gasteiger partial charge in [0.15, 0.2) is 5.78 Å². The largest absolute Gasteiger partial charge is 0.380 e. The first kappa shape index (κ1) is 9.94. The van der Waals surface area contributed by atoms with Crippen molar-refractivity contribution in [2.75, 3.05) is 5.88 Å². The Balaban J connectivity index is 2.38. The van der Waals surface area contributed by atoms with Gasteiger partial charge in [-0.2, -0.15) is 0 Å². The summed E-state index contributed by atoms with van der Waals surface area (Å²) in [6, 6.07) is 0. The molecule has 0 unspecified atom stereocenters. The maximum Gasteiger partial charge on any atom is 0.173 e. The number of fused-ring (bicyclic) bond motifs is 2. The fraction of sp³-hybridized carbons (Fsp3) is 0.545. The van der Waals surface area contributed by atoms with E-state index in [9.17, 15) is 9.90 Å². The highest BCUT2D eigenvalue weighted by Gasteiger charge is 2.53. The SMILES string of the molecule is C=C[C@H]1C[C@H]2C=C[C@@H]1C(=O)[C@]2(O)CCl. The van der Waals surface area contributed by atoms with Gasteiger partial charge < -0.3 is 5.11 Å². The first-order chi connectivity index (χ1) is 6.63. The van der Waals surface area contributed by atoms with Crippen LogP contribution in [-0.4, -0.2) is 22.4 Å². The van der Waals surface area contributed by atoms with E-state index in [0.29, 0.717) is 0 Å². The maximum atomic E-state index is 11.9. The summed E-state index contributed by atoms with van der Waals surface area (Å²) in [7, 11) is 0. The topological polar surface area (TPSA) is 37.3 Å². The van der Waals surface area contributed by atoms with Crippen molar-refractivity contribution < 1.29 is 9.90 Å². The van der Waals surface area contributed by atoms with Crippen LogP contribution in [0.25, 0.3) is 0 Å². The summed E-state index contributed by atoms with van der Waals surface area (Å²) in [6.45, 7) is 3.71. The molecule has 3 aliphatic carbocycles. The third kappa shape index (κ3) is 1.11. The number of Topliss-reactive ketones (excluding diaryl/α,β-unsaturated/α-hetero) is 1. The number of ketones is 1. The van der Waals surface area contributed by atoms with E-state index in [2.05, 4.69) is 6.58 Å². The summed E-state index contributed by atoms with van der Waals surface area (Å²) in [4.78, 5) is 11.9. The smallest absolute Gasteiger partial charge is 0.173 e. The number of hydrogen-bond donors (Lipinski definition) is 1. The Morgan fingerprint density at radius 1 is 1.71 bits per heavy atom. The molecule has 0 spiro atoms. The first-order valence-electron chi connectivity index (χ1n) is 4.77. The van der Waals surface area contributed by atoms with Crippen molar-refractivity contribution in [2.45, 2.75) is 12.0 Å². The lowest BCUT2D eigenvalue weighted by molar-refractivity contribution is -0.149. The molecule has 1 saturated carbocycles. The van der Waals surface area contributed by atoms with Gasteiger partial charge in [-0.05, 0) is 12.3 Å².